The van der Waals surface area contributed by atoms with Crippen LogP contribution < -0.4 is 15.5 Å². The Morgan fingerprint density at radius 1 is 0.882 bits per heavy atom. The standard InChI is InChI=1S/C28H26FN5/c29-26-8-4-3-6-23(26)25-17-19-18-31-28(33-27(19)24-7-2-1-5-22(24)25)32-20-9-11-21(12-10-20)34-15-13-30-14-16-34/h1-12,18,25,30H,13-17H2,(H,31,32,33)/t25-/m1/s1. The molecule has 1 aromatic heterocycles. The van der Waals surface area contributed by atoms with Gasteiger partial charge in [0.2, 0.25) is 5.95 Å². The zero-order valence-corrected chi connectivity index (χ0v) is 18.8. The molecule has 0 bridgehead atoms. The molecule has 1 saturated heterocycles. The summed E-state index contributed by atoms with van der Waals surface area (Å²) in [7, 11) is 0. The highest BCUT2D eigenvalue weighted by Gasteiger charge is 2.28. The molecule has 0 radical (unpaired) electrons. The summed E-state index contributed by atoms with van der Waals surface area (Å²) in [4.78, 5) is 11.9. The molecule has 1 aliphatic carbocycles. The maximum absolute atomic E-state index is 14.7. The van der Waals surface area contributed by atoms with Crippen molar-refractivity contribution in [3.63, 3.8) is 0 Å². The molecule has 1 fully saturated rings. The summed E-state index contributed by atoms with van der Waals surface area (Å²) in [6.07, 6.45) is 2.55. The van der Waals surface area contributed by atoms with Gasteiger partial charge in [0, 0.05) is 55.2 Å². The third-order valence-electron chi connectivity index (χ3n) is 6.77. The van der Waals surface area contributed by atoms with E-state index in [1.807, 2.05) is 30.5 Å². The van der Waals surface area contributed by atoms with Crippen molar-refractivity contribution in [1.82, 2.24) is 15.3 Å². The molecular formula is C28H26FN5. The molecule has 1 aliphatic heterocycles. The van der Waals surface area contributed by atoms with Crippen molar-refractivity contribution in [2.75, 3.05) is 36.4 Å². The molecule has 0 amide bonds. The smallest absolute Gasteiger partial charge is 0.227 e. The molecule has 4 aromatic rings. The Morgan fingerprint density at radius 2 is 1.62 bits per heavy atom. The second-order valence-electron chi connectivity index (χ2n) is 8.84. The van der Waals surface area contributed by atoms with Crippen LogP contribution in [0.4, 0.5) is 21.7 Å². The molecule has 6 rings (SSSR count). The quantitative estimate of drug-likeness (QED) is 0.451. The highest BCUT2D eigenvalue weighted by Crippen LogP contribution is 2.42. The first-order valence-corrected chi connectivity index (χ1v) is 11.8. The first kappa shape index (κ1) is 20.8. The summed E-state index contributed by atoms with van der Waals surface area (Å²) in [5, 5.41) is 6.74. The molecule has 0 unspecified atom stereocenters. The number of anilines is 3. The first-order chi connectivity index (χ1) is 16.8. The fraction of sp³-hybridized carbons (Fsp3) is 0.214. The minimum Gasteiger partial charge on any atom is -0.369 e. The van der Waals surface area contributed by atoms with Gasteiger partial charge in [-0.05, 0) is 53.4 Å². The van der Waals surface area contributed by atoms with Crippen LogP contribution in [-0.4, -0.2) is 36.1 Å². The van der Waals surface area contributed by atoms with Crippen LogP contribution in [-0.2, 0) is 6.42 Å². The van der Waals surface area contributed by atoms with Gasteiger partial charge in [0.15, 0.2) is 0 Å². The normalized spacial score (nSPS) is 17.1. The van der Waals surface area contributed by atoms with Gasteiger partial charge in [-0.1, -0.05) is 42.5 Å². The van der Waals surface area contributed by atoms with Gasteiger partial charge in [-0.2, -0.15) is 0 Å². The average molecular weight is 452 g/mol. The minimum absolute atomic E-state index is 0.0511. The predicted octanol–water partition coefficient (Wildman–Crippen LogP) is 5.12. The van der Waals surface area contributed by atoms with Crippen molar-refractivity contribution in [1.29, 1.82) is 0 Å². The van der Waals surface area contributed by atoms with Gasteiger partial charge in [-0.25, -0.2) is 14.4 Å². The number of nitrogens with one attached hydrogen (secondary N) is 2. The Balaban J connectivity index is 1.28. The van der Waals surface area contributed by atoms with Crippen molar-refractivity contribution in [2.45, 2.75) is 12.3 Å². The Morgan fingerprint density at radius 3 is 2.41 bits per heavy atom. The number of fused-ring (bicyclic) bond motifs is 3. The van der Waals surface area contributed by atoms with Gasteiger partial charge in [0.05, 0.1) is 5.69 Å². The Bertz CT molecular complexity index is 1310. The summed E-state index contributed by atoms with van der Waals surface area (Å²) in [5.74, 6) is 0.340. The SMILES string of the molecule is Fc1ccccc1[C@@H]1Cc2cnc(Nc3ccc(N4CCNCC4)cc3)nc2-c2ccccc21. The fourth-order valence-electron chi connectivity index (χ4n) is 5.04. The first-order valence-electron chi connectivity index (χ1n) is 11.8. The lowest BCUT2D eigenvalue weighted by Gasteiger charge is -2.29. The lowest BCUT2D eigenvalue weighted by Crippen LogP contribution is -2.43. The Labute approximate surface area is 198 Å². The molecule has 1 atom stereocenters. The van der Waals surface area contributed by atoms with E-state index in [9.17, 15) is 4.39 Å². The van der Waals surface area contributed by atoms with Crippen LogP contribution >= 0.6 is 0 Å². The van der Waals surface area contributed by atoms with E-state index in [-0.39, 0.29) is 11.7 Å². The van der Waals surface area contributed by atoms with Crippen LogP contribution in [0.5, 0.6) is 0 Å². The summed E-state index contributed by atoms with van der Waals surface area (Å²) in [6.45, 7) is 4.08. The van der Waals surface area contributed by atoms with Crippen molar-refractivity contribution >= 4 is 17.3 Å². The Hall–Kier alpha value is -3.77. The summed E-state index contributed by atoms with van der Waals surface area (Å²) < 4.78 is 14.7. The maximum Gasteiger partial charge on any atom is 0.227 e. The number of piperazine rings is 1. The lowest BCUT2D eigenvalue weighted by atomic mass is 9.78. The molecule has 2 N–H and O–H groups in total. The molecule has 6 heteroatoms. The van der Waals surface area contributed by atoms with Crippen molar-refractivity contribution < 1.29 is 4.39 Å². The number of rotatable bonds is 4. The third kappa shape index (κ3) is 3.90. The van der Waals surface area contributed by atoms with E-state index >= 15 is 0 Å². The van der Waals surface area contributed by atoms with E-state index in [1.165, 1.54) is 11.8 Å². The number of hydrogen-bond acceptors (Lipinski definition) is 5. The fourth-order valence-corrected chi connectivity index (χ4v) is 5.04. The van der Waals surface area contributed by atoms with Gasteiger partial charge < -0.3 is 15.5 Å². The van der Waals surface area contributed by atoms with Gasteiger partial charge in [0.1, 0.15) is 5.82 Å². The highest BCUT2D eigenvalue weighted by atomic mass is 19.1. The number of aromatic nitrogens is 2. The molecule has 5 nitrogen and oxygen atoms in total. The van der Waals surface area contributed by atoms with E-state index in [2.05, 4.69) is 56.9 Å². The molecular weight excluding hydrogens is 425 g/mol. The van der Waals surface area contributed by atoms with Gasteiger partial charge in [-0.3, -0.25) is 0 Å². The summed E-state index contributed by atoms with van der Waals surface area (Å²) >= 11 is 0. The molecule has 3 aromatic carbocycles. The minimum atomic E-state index is -0.172. The maximum atomic E-state index is 14.7. The largest absolute Gasteiger partial charge is 0.369 e. The average Bonchev–Trinajstić information content (AvgIpc) is 2.90. The van der Waals surface area contributed by atoms with Crippen LogP contribution in [0, 0.1) is 5.82 Å². The number of nitrogens with zero attached hydrogens (tertiary/aromatic N) is 3. The molecule has 2 heterocycles. The van der Waals surface area contributed by atoms with Crippen LogP contribution in [0.2, 0.25) is 0 Å². The van der Waals surface area contributed by atoms with Crippen molar-refractivity contribution in [2.24, 2.45) is 0 Å². The zero-order chi connectivity index (χ0) is 22.9. The van der Waals surface area contributed by atoms with Crippen LogP contribution in [0.3, 0.4) is 0 Å². The second-order valence-corrected chi connectivity index (χ2v) is 8.84. The number of halogens is 1. The topological polar surface area (TPSA) is 53.1 Å². The third-order valence-corrected chi connectivity index (χ3v) is 6.77. The number of benzene rings is 3. The van der Waals surface area contributed by atoms with Crippen molar-refractivity contribution in [3.8, 4) is 11.3 Å². The lowest BCUT2D eigenvalue weighted by molar-refractivity contribution is 0.589. The summed E-state index contributed by atoms with van der Waals surface area (Å²) in [5.41, 5.74) is 6.98. The molecule has 2 aliphatic rings. The van der Waals surface area contributed by atoms with E-state index in [0.717, 1.165) is 54.3 Å². The molecule has 0 saturated carbocycles. The monoisotopic (exact) mass is 451 g/mol. The number of hydrogen-bond donors (Lipinski definition) is 2. The van der Waals surface area contributed by atoms with E-state index in [4.69, 9.17) is 4.98 Å². The van der Waals surface area contributed by atoms with Gasteiger partial charge >= 0.3 is 0 Å². The zero-order valence-electron chi connectivity index (χ0n) is 18.8. The van der Waals surface area contributed by atoms with Gasteiger partial charge in [0.25, 0.3) is 0 Å². The van der Waals surface area contributed by atoms with E-state index in [1.54, 1.807) is 6.07 Å². The second kappa shape index (κ2) is 8.88. The summed E-state index contributed by atoms with van der Waals surface area (Å²) in [6, 6.07) is 23.6. The molecule has 170 valence electrons. The molecule has 0 spiro atoms. The van der Waals surface area contributed by atoms with E-state index < -0.39 is 0 Å². The van der Waals surface area contributed by atoms with Crippen LogP contribution in [0.25, 0.3) is 11.3 Å². The van der Waals surface area contributed by atoms with Crippen molar-refractivity contribution in [3.05, 3.63) is 102 Å². The highest BCUT2D eigenvalue weighted by molar-refractivity contribution is 5.73. The van der Waals surface area contributed by atoms with Crippen LogP contribution in [0.1, 0.15) is 22.6 Å². The Kier molecular flexibility index (Phi) is 5.43. The van der Waals surface area contributed by atoms with Gasteiger partial charge in [-0.15, -0.1) is 0 Å². The van der Waals surface area contributed by atoms with Crippen LogP contribution in [0.15, 0.2) is 79.0 Å². The van der Waals surface area contributed by atoms with E-state index in [0.29, 0.717) is 17.9 Å². The molecule has 34 heavy (non-hydrogen) atoms. The predicted molar refractivity (Wildman–Crippen MR) is 134 cm³/mol.